The molecule has 11 aliphatic rings. The van der Waals surface area contributed by atoms with Crippen LogP contribution in [-0.2, 0) is 0 Å². The fourth-order valence-corrected chi connectivity index (χ4v) is 13.8. The number of hydrogen-bond acceptors (Lipinski definition) is 2. The van der Waals surface area contributed by atoms with Gasteiger partial charge in [-0.2, -0.15) is 0 Å². The highest BCUT2D eigenvalue weighted by molar-refractivity contribution is 8.04. The van der Waals surface area contributed by atoms with Crippen molar-refractivity contribution in [2.75, 3.05) is 0 Å². The van der Waals surface area contributed by atoms with E-state index in [2.05, 4.69) is 162 Å². The highest BCUT2D eigenvalue weighted by atomic mass is 32.2. The van der Waals surface area contributed by atoms with Crippen LogP contribution in [0.25, 0.3) is 0 Å². The minimum Gasteiger partial charge on any atom is -0.361 e. The van der Waals surface area contributed by atoms with Gasteiger partial charge in [-0.05, 0) is 129 Å². The van der Waals surface area contributed by atoms with Crippen molar-refractivity contribution in [3.63, 3.8) is 0 Å². The molecule has 0 amide bonds. The number of nitrogens with zero attached hydrogens (tertiary/aromatic N) is 1. The second-order valence-electron chi connectivity index (χ2n) is 18.4. The van der Waals surface area contributed by atoms with Crippen molar-refractivity contribution < 1.29 is 0 Å². The molecule has 0 aromatic rings. The summed E-state index contributed by atoms with van der Waals surface area (Å²) in [6, 6.07) is 0.851. The van der Waals surface area contributed by atoms with Crippen LogP contribution in [0.3, 0.4) is 0 Å². The first-order valence-corrected chi connectivity index (χ1v) is 23.8. The molecule has 1 nitrogen and oxygen atoms in total. The standard InChI is InChI=1S/C56H59NS/c1-2-11-43(12-3-1)51-20-10-21-52-53-37-45(31-36-55(53)58-56(51)52)40-25-23-38(24-26-40)39-27-32-46(33-28-39)57(54-22-9-16-42-14-5-7-18-50(42)54)47-34-29-44(30-35-47)49-19-8-15-41-13-4-6-17-48(41)49/h1-3,5,7-8,11,14-16,18,20,23-25,27,29-34,36-37,39-40,43,47,49-50,53-55H,4,6,9-10,12-13,17,19,21-22,26,28,35H2/t39?,40?,43?,47?,49?,50-,53?,54+,55?/m0/s1. The highest BCUT2D eigenvalue weighted by Gasteiger charge is 2.39. The van der Waals surface area contributed by atoms with Gasteiger partial charge in [0.2, 0.25) is 0 Å². The average Bonchev–Trinajstić information content (AvgIpc) is 3.68. The lowest BCUT2D eigenvalue weighted by Gasteiger charge is -2.46. The van der Waals surface area contributed by atoms with Gasteiger partial charge >= 0.3 is 0 Å². The van der Waals surface area contributed by atoms with Crippen LogP contribution in [0.15, 0.2) is 201 Å². The molecule has 0 fully saturated rings. The summed E-state index contributed by atoms with van der Waals surface area (Å²) in [7, 11) is 0. The van der Waals surface area contributed by atoms with Crippen LogP contribution in [0, 0.1) is 35.5 Å². The van der Waals surface area contributed by atoms with E-state index in [-0.39, 0.29) is 0 Å². The van der Waals surface area contributed by atoms with E-state index < -0.39 is 0 Å². The third-order valence-corrected chi connectivity index (χ3v) is 16.6. The molecular weight excluding hydrogens is 719 g/mol. The van der Waals surface area contributed by atoms with Crippen molar-refractivity contribution in [1.82, 2.24) is 4.90 Å². The summed E-state index contributed by atoms with van der Waals surface area (Å²) in [5.41, 5.74) is 14.2. The van der Waals surface area contributed by atoms with Gasteiger partial charge < -0.3 is 4.90 Å². The number of hydrogen-bond donors (Lipinski definition) is 0. The minimum absolute atomic E-state index is 0.382. The molecule has 0 N–H and O–H groups in total. The number of rotatable bonds is 7. The normalized spacial score (nSPS) is 35.7. The predicted octanol–water partition coefficient (Wildman–Crippen LogP) is 14.1. The molecule has 0 spiro atoms. The third-order valence-electron chi connectivity index (χ3n) is 15.2. The second-order valence-corrected chi connectivity index (χ2v) is 19.6. The first-order chi connectivity index (χ1) is 28.7. The molecule has 1 heterocycles. The monoisotopic (exact) mass is 777 g/mol. The lowest BCUT2D eigenvalue weighted by molar-refractivity contribution is 0.175. The Balaban J connectivity index is 0.784. The molecule has 0 aromatic carbocycles. The van der Waals surface area contributed by atoms with E-state index in [1.54, 1.807) is 32.8 Å². The van der Waals surface area contributed by atoms with Gasteiger partial charge in [-0.15, -0.1) is 11.8 Å². The molecule has 294 valence electrons. The van der Waals surface area contributed by atoms with Crippen molar-refractivity contribution in [3.05, 3.63) is 201 Å². The van der Waals surface area contributed by atoms with E-state index in [1.165, 1.54) is 73.8 Å². The Bertz CT molecular complexity index is 2250. The van der Waals surface area contributed by atoms with Gasteiger partial charge in [0.1, 0.15) is 0 Å². The fourth-order valence-electron chi connectivity index (χ4n) is 12.2. The maximum atomic E-state index is 2.84. The van der Waals surface area contributed by atoms with Crippen molar-refractivity contribution in [1.29, 1.82) is 0 Å². The second kappa shape index (κ2) is 16.1. The smallest absolute Gasteiger partial charge is 0.0514 e. The van der Waals surface area contributed by atoms with E-state index in [1.807, 2.05) is 0 Å². The zero-order chi connectivity index (χ0) is 38.4. The van der Waals surface area contributed by atoms with Crippen molar-refractivity contribution in [2.45, 2.75) is 101 Å². The SMILES string of the molecule is C1=CCC(C2=CCCC3=C2SC2C=CC(C4C=CC(C5C=CC(N(C6C=CC(C7CC=CC8=C7CCCC8)=CC6)[C@@H]6CCC=C7C=CC=C[C@@H]76)=CC5)=CC4)=CC32)C=C1. The molecule has 0 aromatic heterocycles. The number of fused-ring (bicyclic) bond motifs is 3. The highest BCUT2D eigenvalue weighted by Crippen LogP contribution is 2.54. The van der Waals surface area contributed by atoms with Crippen molar-refractivity contribution >= 4 is 11.8 Å². The van der Waals surface area contributed by atoms with Crippen LogP contribution in [0.5, 0.6) is 0 Å². The molecule has 0 saturated carbocycles. The van der Waals surface area contributed by atoms with E-state index in [0.717, 1.165) is 32.1 Å². The largest absolute Gasteiger partial charge is 0.361 e. The molecule has 0 bridgehead atoms. The average molecular weight is 778 g/mol. The van der Waals surface area contributed by atoms with Gasteiger partial charge in [-0.3, -0.25) is 0 Å². The molecule has 11 rings (SSSR count). The summed E-state index contributed by atoms with van der Waals surface area (Å²) >= 11 is 2.14. The fraction of sp³-hybridized carbons (Fsp3) is 0.393. The van der Waals surface area contributed by atoms with E-state index in [9.17, 15) is 0 Å². The van der Waals surface area contributed by atoms with Gasteiger partial charge in [-0.1, -0.05) is 145 Å². The van der Waals surface area contributed by atoms with Gasteiger partial charge in [0.15, 0.2) is 0 Å². The molecule has 0 saturated heterocycles. The van der Waals surface area contributed by atoms with E-state index >= 15 is 0 Å². The molecule has 9 atom stereocenters. The molecule has 10 aliphatic carbocycles. The summed E-state index contributed by atoms with van der Waals surface area (Å²) < 4.78 is 0. The summed E-state index contributed by atoms with van der Waals surface area (Å²) in [6.07, 6.45) is 74.7. The molecule has 2 heteroatoms. The summed E-state index contributed by atoms with van der Waals surface area (Å²) in [4.78, 5) is 4.46. The summed E-state index contributed by atoms with van der Waals surface area (Å²) in [5.74, 6) is 3.07. The Kier molecular flexibility index (Phi) is 10.2. The molecule has 7 unspecified atom stereocenters. The maximum absolute atomic E-state index is 2.84. The summed E-state index contributed by atoms with van der Waals surface area (Å²) in [6.45, 7) is 0. The molecule has 0 radical (unpaired) electrons. The van der Waals surface area contributed by atoms with E-state index in [4.69, 9.17) is 0 Å². The van der Waals surface area contributed by atoms with Crippen LogP contribution in [0.4, 0.5) is 0 Å². The van der Waals surface area contributed by atoms with Crippen LogP contribution >= 0.6 is 11.8 Å². The molecular formula is C56H59NS. The first kappa shape index (κ1) is 36.8. The minimum atomic E-state index is 0.382. The Hall–Kier alpha value is -4.27. The van der Waals surface area contributed by atoms with Gasteiger partial charge in [0.05, 0.1) is 6.04 Å². The van der Waals surface area contributed by atoms with Crippen LogP contribution in [0.1, 0.15) is 83.5 Å². The van der Waals surface area contributed by atoms with Gasteiger partial charge in [0.25, 0.3) is 0 Å². The lowest BCUT2D eigenvalue weighted by atomic mass is 9.74. The maximum Gasteiger partial charge on any atom is 0.0514 e. The third kappa shape index (κ3) is 6.92. The Morgan fingerprint density at radius 3 is 2.26 bits per heavy atom. The quantitative estimate of drug-likeness (QED) is 0.253. The zero-order valence-corrected chi connectivity index (χ0v) is 34.9. The van der Waals surface area contributed by atoms with E-state index in [0.29, 0.717) is 52.8 Å². The van der Waals surface area contributed by atoms with Crippen molar-refractivity contribution in [2.24, 2.45) is 35.5 Å². The Labute approximate surface area is 352 Å². The molecule has 58 heavy (non-hydrogen) atoms. The Morgan fingerprint density at radius 1 is 0.534 bits per heavy atom. The number of thioether (sulfide) groups is 1. The predicted molar refractivity (Wildman–Crippen MR) is 247 cm³/mol. The van der Waals surface area contributed by atoms with Gasteiger partial charge in [0, 0.05) is 57.4 Å². The van der Waals surface area contributed by atoms with Crippen LogP contribution < -0.4 is 0 Å². The first-order valence-electron chi connectivity index (χ1n) is 22.9. The summed E-state index contributed by atoms with van der Waals surface area (Å²) in [5, 5.41) is 0.561. The van der Waals surface area contributed by atoms with Crippen molar-refractivity contribution in [3.8, 4) is 0 Å². The van der Waals surface area contributed by atoms with Gasteiger partial charge in [-0.25, -0.2) is 0 Å². The zero-order valence-electron chi connectivity index (χ0n) is 34.1. The lowest BCUT2D eigenvalue weighted by Crippen LogP contribution is -2.47. The number of allylic oxidation sites excluding steroid dienone is 27. The van der Waals surface area contributed by atoms with Crippen LogP contribution in [0.2, 0.25) is 0 Å². The molecule has 1 aliphatic heterocycles. The Morgan fingerprint density at radius 2 is 1.40 bits per heavy atom. The van der Waals surface area contributed by atoms with Crippen LogP contribution in [-0.4, -0.2) is 22.2 Å². The topological polar surface area (TPSA) is 3.24 Å².